The second-order valence-electron chi connectivity index (χ2n) is 8.45. The van der Waals surface area contributed by atoms with Gasteiger partial charge in [0, 0.05) is 23.9 Å². The quantitative estimate of drug-likeness (QED) is 0.585. The zero-order valence-corrected chi connectivity index (χ0v) is 18.5. The lowest BCUT2D eigenvalue weighted by Crippen LogP contribution is -2.63. The molecule has 0 unspecified atom stereocenters. The molecule has 5 rings (SSSR count). The lowest BCUT2D eigenvalue weighted by atomic mass is 9.83. The lowest BCUT2D eigenvalue weighted by Gasteiger charge is -2.50. The summed E-state index contributed by atoms with van der Waals surface area (Å²) in [6.07, 6.45) is 5.34. The minimum absolute atomic E-state index is 0.0474. The second kappa shape index (κ2) is 7.85. The Kier molecular flexibility index (Phi) is 4.96. The van der Waals surface area contributed by atoms with Crippen LogP contribution in [0.25, 0.3) is 0 Å². The molecular weight excluding hydrogens is 418 g/mol. The van der Waals surface area contributed by atoms with Crippen molar-refractivity contribution in [1.29, 1.82) is 0 Å². The first-order valence-electron chi connectivity index (χ1n) is 10.9. The number of aromatic hydroxyl groups is 1. The third-order valence-corrected chi connectivity index (χ3v) is 6.57. The SMILES string of the molecule is C[C@H]1/C=C/COc2ccccc2[C@@](C)(c2ccccc2)N2CN1C(=O)c1c(O)c(=O)ccn12. The van der Waals surface area contributed by atoms with E-state index in [1.165, 1.54) is 6.07 Å². The molecule has 33 heavy (non-hydrogen) atoms. The molecule has 0 saturated carbocycles. The maximum atomic E-state index is 13.5. The van der Waals surface area contributed by atoms with Gasteiger partial charge in [-0.2, -0.15) is 0 Å². The van der Waals surface area contributed by atoms with Crippen LogP contribution in [0, 0.1) is 0 Å². The van der Waals surface area contributed by atoms with Gasteiger partial charge in [0.25, 0.3) is 5.91 Å². The van der Waals surface area contributed by atoms with E-state index in [4.69, 9.17) is 4.74 Å². The van der Waals surface area contributed by atoms with E-state index in [9.17, 15) is 14.7 Å². The average molecular weight is 444 g/mol. The summed E-state index contributed by atoms with van der Waals surface area (Å²) in [6, 6.07) is 18.8. The van der Waals surface area contributed by atoms with Crippen molar-refractivity contribution < 1.29 is 14.6 Å². The standard InChI is InChI=1S/C26H25N3O4/c1-18-9-8-16-33-22-13-7-6-12-20(22)26(2,19-10-4-3-5-11-19)29-17-27(18)25(32)23-24(31)21(30)14-15-28(23)29/h3-15,18,31H,16-17H2,1-2H3/b9-8+/t18-,26+/m0/s1. The van der Waals surface area contributed by atoms with Crippen molar-refractivity contribution in [2.75, 3.05) is 18.3 Å². The summed E-state index contributed by atoms with van der Waals surface area (Å²) in [7, 11) is 0. The van der Waals surface area contributed by atoms with E-state index < -0.39 is 22.6 Å². The monoisotopic (exact) mass is 443 g/mol. The molecule has 2 aromatic carbocycles. The summed E-state index contributed by atoms with van der Waals surface area (Å²) in [6.45, 7) is 4.56. The zero-order chi connectivity index (χ0) is 23.2. The van der Waals surface area contributed by atoms with Gasteiger partial charge in [0.1, 0.15) is 24.6 Å². The molecular formula is C26H25N3O4. The highest BCUT2D eigenvalue weighted by Crippen LogP contribution is 2.42. The molecule has 1 amide bonds. The van der Waals surface area contributed by atoms with Crippen LogP contribution in [0.15, 0.2) is 83.8 Å². The maximum Gasteiger partial charge on any atom is 0.278 e. The number of benzene rings is 2. The fourth-order valence-corrected chi connectivity index (χ4v) is 4.70. The van der Waals surface area contributed by atoms with Crippen molar-refractivity contribution in [3.05, 3.63) is 106 Å². The number of nitrogens with zero attached hydrogens (tertiary/aromatic N) is 3. The van der Waals surface area contributed by atoms with E-state index in [2.05, 4.69) is 6.92 Å². The summed E-state index contributed by atoms with van der Waals surface area (Å²) in [5.74, 6) is -0.232. The summed E-state index contributed by atoms with van der Waals surface area (Å²) >= 11 is 0. The number of amides is 1. The fraction of sp³-hybridized carbons (Fsp3) is 0.231. The average Bonchev–Trinajstić information content (AvgIpc) is 2.85. The first kappa shape index (κ1) is 20.9. The van der Waals surface area contributed by atoms with Crippen molar-refractivity contribution >= 4 is 5.91 Å². The van der Waals surface area contributed by atoms with Crippen molar-refractivity contribution in [1.82, 2.24) is 9.58 Å². The number of aromatic nitrogens is 1. The predicted molar refractivity (Wildman–Crippen MR) is 125 cm³/mol. The molecule has 0 radical (unpaired) electrons. The van der Waals surface area contributed by atoms with E-state index in [-0.39, 0.29) is 18.4 Å². The van der Waals surface area contributed by atoms with E-state index in [0.717, 1.165) is 16.9 Å². The Morgan fingerprint density at radius 1 is 1.03 bits per heavy atom. The number of fused-ring (bicyclic) bond motifs is 5. The van der Waals surface area contributed by atoms with Gasteiger partial charge in [-0.1, -0.05) is 54.6 Å². The van der Waals surface area contributed by atoms with Gasteiger partial charge in [-0.15, -0.1) is 0 Å². The molecule has 1 aromatic heterocycles. The van der Waals surface area contributed by atoms with Crippen molar-refractivity contribution in [3.63, 3.8) is 0 Å². The summed E-state index contributed by atoms with van der Waals surface area (Å²) < 4.78 is 7.77. The van der Waals surface area contributed by atoms with E-state index in [0.29, 0.717) is 6.61 Å². The molecule has 3 aromatic rings. The number of hydrogen-bond acceptors (Lipinski definition) is 5. The Labute approximate surface area is 191 Å². The zero-order valence-electron chi connectivity index (χ0n) is 18.5. The van der Waals surface area contributed by atoms with Crippen LogP contribution in [0.4, 0.5) is 0 Å². The molecule has 2 atom stereocenters. The number of pyridine rings is 1. The molecule has 7 heteroatoms. The molecule has 0 spiro atoms. The van der Waals surface area contributed by atoms with Crippen LogP contribution in [-0.2, 0) is 5.54 Å². The minimum Gasteiger partial charge on any atom is -0.502 e. The largest absolute Gasteiger partial charge is 0.502 e. The highest BCUT2D eigenvalue weighted by molar-refractivity contribution is 5.96. The summed E-state index contributed by atoms with van der Waals surface area (Å²) in [5, 5.41) is 12.7. The third-order valence-electron chi connectivity index (χ3n) is 6.57. The number of carbonyl (C=O) groups excluding carboxylic acids is 1. The van der Waals surface area contributed by atoms with Crippen LogP contribution in [0.3, 0.4) is 0 Å². The van der Waals surface area contributed by atoms with Crippen LogP contribution in [0.2, 0.25) is 0 Å². The molecule has 168 valence electrons. The third kappa shape index (κ3) is 3.19. The number of para-hydroxylation sites is 1. The van der Waals surface area contributed by atoms with Crippen LogP contribution >= 0.6 is 0 Å². The smallest absolute Gasteiger partial charge is 0.278 e. The van der Waals surface area contributed by atoms with E-state index >= 15 is 0 Å². The molecule has 7 nitrogen and oxygen atoms in total. The van der Waals surface area contributed by atoms with Crippen LogP contribution < -0.4 is 15.2 Å². The number of rotatable bonds is 1. The Morgan fingerprint density at radius 2 is 1.76 bits per heavy atom. The first-order chi connectivity index (χ1) is 15.9. The van der Waals surface area contributed by atoms with Gasteiger partial charge in [0.15, 0.2) is 11.4 Å². The van der Waals surface area contributed by atoms with Gasteiger partial charge < -0.3 is 14.7 Å². The normalized spacial score (nSPS) is 23.1. The summed E-state index contributed by atoms with van der Waals surface area (Å²) in [5.41, 5.74) is 0.428. The number of ether oxygens (including phenoxy) is 1. The highest BCUT2D eigenvalue weighted by Gasteiger charge is 2.45. The Morgan fingerprint density at radius 3 is 2.55 bits per heavy atom. The number of carbonyl (C=O) groups is 1. The van der Waals surface area contributed by atoms with E-state index in [1.807, 2.05) is 78.7 Å². The highest BCUT2D eigenvalue weighted by atomic mass is 16.5. The van der Waals surface area contributed by atoms with Crippen molar-refractivity contribution in [3.8, 4) is 11.5 Å². The van der Waals surface area contributed by atoms with Gasteiger partial charge in [-0.25, -0.2) is 0 Å². The van der Waals surface area contributed by atoms with Gasteiger partial charge in [0.05, 0.1) is 0 Å². The van der Waals surface area contributed by atoms with Gasteiger partial charge in [-0.3, -0.25) is 19.3 Å². The Balaban J connectivity index is 1.87. The van der Waals surface area contributed by atoms with Crippen LogP contribution in [0.5, 0.6) is 11.5 Å². The molecule has 2 aliphatic rings. The van der Waals surface area contributed by atoms with Crippen LogP contribution in [0.1, 0.15) is 35.5 Å². The Bertz CT molecular complexity index is 1300. The second-order valence-corrected chi connectivity index (χ2v) is 8.45. The van der Waals surface area contributed by atoms with E-state index in [1.54, 1.807) is 15.8 Å². The molecule has 2 bridgehead atoms. The molecule has 0 aliphatic carbocycles. The molecule has 2 aliphatic heterocycles. The predicted octanol–water partition coefficient (Wildman–Crippen LogP) is 3.21. The molecule has 3 heterocycles. The fourth-order valence-electron chi connectivity index (χ4n) is 4.70. The van der Waals surface area contributed by atoms with Crippen LogP contribution in [-0.4, -0.2) is 39.9 Å². The Hall–Kier alpha value is -4.00. The topological polar surface area (TPSA) is 75.0 Å². The maximum absolute atomic E-state index is 13.5. The summed E-state index contributed by atoms with van der Waals surface area (Å²) in [4.78, 5) is 27.4. The minimum atomic E-state index is -0.808. The van der Waals surface area contributed by atoms with Crippen molar-refractivity contribution in [2.45, 2.75) is 25.4 Å². The molecule has 1 N–H and O–H groups in total. The van der Waals surface area contributed by atoms with Gasteiger partial charge in [-0.05, 0) is 31.6 Å². The number of hydrogen-bond donors (Lipinski definition) is 1. The van der Waals surface area contributed by atoms with Crippen molar-refractivity contribution in [2.24, 2.45) is 0 Å². The lowest BCUT2D eigenvalue weighted by molar-refractivity contribution is 0.0624. The molecule has 0 saturated heterocycles. The van der Waals surface area contributed by atoms with Gasteiger partial charge >= 0.3 is 0 Å². The molecule has 0 fully saturated rings. The van der Waals surface area contributed by atoms with Gasteiger partial charge in [0.2, 0.25) is 5.43 Å². The first-order valence-corrected chi connectivity index (χ1v) is 10.9.